The molecule has 0 spiro atoms. The summed E-state index contributed by atoms with van der Waals surface area (Å²) in [5.74, 6) is 0. The summed E-state index contributed by atoms with van der Waals surface area (Å²) in [4.78, 5) is 8.40. The van der Waals surface area contributed by atoms with Crippen molar-refractivity contribution in [3.63, 3.8) is 0 Å². The number of pyridine rings is 1. The van der Waals surface area contributed by atoms with Crippen molar-refractivity contribution < 1.29 is 0 Å². The standard InChI is InChI=1S/C11H13BrN4S/c1-7-6-17-10(16-7)2-3-15-11-8(12)4-14-5-9(11)13/h4-6H,2-3,13H2,1H3,(H,14,15). The first-order valence-corrected chi connectivity index (χ1v) is 6.88. The molecule has 3 N–H and O–H groups in total. The van der Waals surface area contributed by atoms with Crippen molar-refractivity contribution in [3.8, 4) is 0 Å². The van der Waals surface area contributed by atoms with E-state index in [9.17, 15) is 0 Å². The van der Waals surface area contributed by atoms with E-state index in [4.69, 9.17) is 5.73 Å². The highest BCUT2D eigenvalue weighted by molar-refractivity contribution is 9.10. The maximum absolute atomic E-state index is 5.84. The first-order chi connectivity index (χ1) is 8.16. The van der Waals surface area contributed by atoms with E-state index < -0.39 is 0 Å². The molecule has 0 amide bonds. The molecule has 2 aromatic rings. The largest absolute Gasteiger partial charge is 0.396 e. The van der Waals surface area contributed by atoms with Crippen molar-refractivity contribution in [1.82, 2.24) is 9.97 Å². The summed E-state index contributed by atoms with van der Waals surface area (Å²) in [6, 6.07) is 0. The number of hydrogen-bond acceptors (Lipinski definition) is 5. The highest BCUT2D eigenvalue weighted by Gasteiger charge is 2.04. The summed E-state index contributed by atoms with van der Waals surface area (Å²) in [7, 11) is 0. The molecule has 2 rings (SSSR count). The number of thiazole rings is 1. The first kappa shape index (κ1) is 12.3. The Morgan fingerprint density at radius 1 is 1.47 bits per heavy atom. The van der Waals surface area contributed by atoms with Crippen LogP contribution in [-0.4, -0.2) is 16.5 Å². The van der Waals surface area contributed by atoms with Crippen LogP contribution in [0, 0.1) is 6.92 Å². The smallest absolute Gasteiger partial charge is 0.0945 e. The van der Waals surface area contributed by atoms with Gasteiger partial charge in [0.25, 0.3) is 0 Å². The molecule has 17 heavy (non-hydrogen) atoms. The molecule has 0 bridgehead atoms. The van der Waals surface area contributed by atoms with E-state index >= 15 is 0 Å². The number of aryl methyl sites for hydroxylation is 1. The fourth-order valence-electron chi connectivity index (χ4n) is 1.45. The Hall–Kier alpha value is -1.14. The maximum atomic E-state index is 5.84. The van der Waals surface area contributed by atoms with Crippen LogP contribution in [0.25, 0.3) is 0 Å². The molecule has 0 aromatic carbocycles. The summed E-state index contributed by atoms with van der Waals surface area (Å²) >= 11 is 5.11. The van der Waals surface area contributed by atoms with Crippen molar-refractivity contribution in [2.24, 2.45) is 0 Å². The normalized spacial score (nSPS) is 10.5. The summed E-state index contributed by atoms with van der Waals surface area (Å²) < 4.78 is 0.882. The number of anilines is 2. The van der Waals surface area contributed by atoms with Gasteiger partial charge in [0.2, 0.25) is 0 Å². The van der Waals surface area contributed by atoms with Crippen LogP contribution in [0.3, 0.4) is 0 Å². The number of nitrogens with two attached hydrogens (primary N) is 1. The Bertz CT molecular complexity index is 492. The predicted molar refractivity (Wildman–Crippen MR) is 75.4 cm³/mol. The highest BCUT2D eigenvalue weighted by atomic mass is 79.9. The van der Waals surface area contributed by atoms with E-state index in [0.29, 0.717) is 5.69 Å². The minimum absolute atomic E-state index is 0.648. The summed E-state index contributed by atoms with van der Waals surface area (Å²) in [5, 5.41) is 6.49. The number of halogens is 1. The van der Waals surface area contributed by atoms with E-state index in [0.717, 1.165) is 33.8 Å². The Morgan fingerprint density at radius 3 is 2.94 bits per heavy atom. The topological polar surface area (TPSA) is 63.8 Å². The van der Waals surface area contributed by atoms with Crippen molar-refractivity contribution >= 4 is 38.6 Å². The van der Waals surface area contributed by atoms with Gasteiger partial charge in [0.1, 0.15) is 0 Å². The lowest BCUT2D eigenvalue weighted by Gasteiger charge is -2.09. The molecule has 4 nitrogen and oxygen atoms in total. The first-order valence-electron chi connectivity index (χ1n) is 5.20. The van der Waals surface area contributed by atoms with Gasteiger partial charge in [-0.25, -0.2) is 4.98 Å². The van der Waals surface area contributed by atoms with Crippen LogP contribution in [0.2, 0.25) is 0 Å². The van der Waals surface area contributed by atoms with Crippen LogP contribution < -0.4 is 11.1 Å². The Balaban J connectivity index is 1.94. The molecule has 0 saturated carbocycles. The van der Waals surface area contributed by atoms with Gasteiger partial charge in [0.15, 0.2) is 0 Å². The minimum Gasteiger partial charge on any atom is -0.396 e. The lowest BCUT2D eigenvalue weighted by molar-refractivity contribution is 0.985. The zero-order valence-electron chi connectivity index (χ0n) is 9.40. The summed E-state index contributed by atoms with van der Waals surface area (Å²) in [6.07, 6.45) is 4.26. The van der Waals surface area contributed by atoms with Crippen molar-refractivity contribution in [2.75, 3.05) is 17.6 Å². The number of nitrogens with zero attached hydrogens (tertiary/aromatic N) is 2. The number of rotatable bonds is 4. The molecular formula is C11H13BrN4S. The van der Waals surface area contributed by atoms with E-state index in [1.165, 1.54) is 0 Å². The van der Waals surface area contributed by atoms with Gasteiger partial charge in [-0.1, -0.05) is 0 Å². The number of nitrogen functional groups attached to an aromatic ring is 1. The van der Waals surface area contributed by atoms with Crippen LogP contribution in [0.4, 0.5) is 11.4 Å². The van der Waals surface area contributed by atoms with Gasteiger partial charge >= 0.3 is 0 Å². The third-order valence-electron chi connectivity index (χ3n) is 2.24. The molecule has 0 unspecified atom stereocenters. The predicted octanol–water partition coefficient (Wildman–Crippen LogP) is 2.85. The Kier molecular flexibility index (Phi) is 3.96. The van der Waals surface area contributed by atoms with Crippen LogP contribution in [-0.2, 0) is 6.42 Å². The van der Waals surface area contributed by atoms with E-state index in [2.05, 4.69) is 36.6 Å². The lowest BCUT2D eigenvalue weighted by Crippen LogP contribution is -2.07. The second-order valence-electron chi connectivity index (χ2n) is 3.64. The third-order valence-corrected chi connectivity index (χ3v) is 3.86. The second-order valence-corrected chi connectivity index (χ2v) is 5.44. The Labute approximate surface area is 112 Å². The molecule has 90 valence electrons. The molecule has 0 aliphatic carbocycles. The number of aromatic nitrogens is 2. The van der Waals surface area contributed by atoms with Crippen molar-refractivity contribution in [3.05, 3.63) is 32.9 Å². The van der Waals surface area contributed by atoms with Gasteiger partial charge in [-0.15, -0.1) is 11.3 Å². The maximum Gasteiger partial charge on any atom is 0.0945 e. The third kappa shape index (κ3) is 3.17. The fourth-order valence-corrected chi connectivity index (χ4v) is 2.71. The summed E-state index contributed by atoms with van der Waals surface area (Å²) in [6.45, 7) is 2.81. The molecular weight excluding hydrogens is 300 g/mol. The molecule has 0 aliphatic heterocycles. The number of hydrogen-bond donors (Lipinski definition) is 2. The van der Waals surface area contributed by atoms with Crippen LogP contribution in [0.5, 0.6) is 0 Å². The van der Waals surface area contributed by atoms with E-state index in [1.807, 2.05) is 6.92 Å². The molecule has 2 heterocycles. The highest BCUT2D eigenvalue weighted by Crippen LogP contribution is 2.26. The molecule has 0 atom stereocenters. The minimum atomic E-state index is 0.648. The Morgan fingerprint density at radius 2 is 2.29 bits per heavy atom. The zero-order valence-corrected chi connectivity index (χ0v) is 11.8. The molecule has 0 saturated heterocycles. The van der Waals surface area contributed by atoms with Gasteiger partial charge < -0.3 is 11.1 Å². The van der Waals surface area contributed by atoms with Gasteiger partial charge in [-0.2, -0.15) is 0 Å². The second kappa shape index (κ2) is 5.46. The SMILES string of the molecule is Cc1csc(CCNc2c(N)cncc2Br)n1. The monoisotopic (exact) mass is 312 g/mol. The fraction of sp³-hybridized carbons (Fsp3) is 0.273. The molecule has 2 aromatic heterocycles. The van der Waals surface area contributed by atoms with Crippen molar-refractivity contribution in [1.29, 1.82) is 0 Å². The van der Waals surface area contributed by atoms with Crippen LogP contribution in [0.1, 0.15) is 10.7 Å². The van der Waals surface area contributed by atoms with Crippen LogP contribution >= 0.6 is 27.3 Å². The molecule has 6 heteroatoms. The average Bonchev–Trinajstić information content (AvgIpc) is 2.69. The zero-order chi connectivity index (χ0) is 12.3. The van der Waals surface area contributed by atoms with Crippen LogP contribution in [0.15, 0.2) is 22.2 Å². The number of nitrogens with one attached hydrogen (secondary N) is 1. The van der Waals surface area contributed by atoms with E-state index in [1.54, 1.807) is 23.7 Å². The van der Waals surface area contributed by atoms with E-state index in [-0.39, 0.29) is 0 Å². The van der Waals surface area contributed by atoms with Crippen molar-refractivity contribution in [2.45, 2.75) is 13.3 Å². The van der Waals surface area contributed by atoms with Gasteiger partial charge in [-0.05, 0) is 22.9 Å². The quantitative estimate of drug-likeness (QED) is 0.911. The van der Waals surface area contributed by atoms with Gasteiger partial charge in [-0.3, -0.25) is 4.98 Å². The molecule has 0 aliphatic rings. The average molecular weight is 313 g/mol. The van der Waals surface area contributed by atoms with Gasteiger partial charge in [0, 0.05) is 30.2 Å². The van der Waals surface area contributed by atoms with Gasteiger partial charge in [0.05, 0.1) is 27.1 Å². The molecule has 0 fully saturated rings. The molecule has 0 radical (unpaired) electrons. The summed E-state index contributed by atoms with van der Waals surface area (Å²) in [5.41, 5.74) is 8.46. The lowest BCUT2D eigenvalue weighted by atomic mass is 10.3.